The van der Waals surface area contributed by atoms with Gasteiger partial charge >= 0.3 is 0 Å². The number of hydrogen-bond acceptors (Lipinski definition) is 2. The topological polar surface area (TPSA) is 12.5 Å². The van der Waals surface area contributed by atoms with Crippen molar-refractivity contribution < 1.29 is 4.74 Å². The van der Waals surface area contributed by atoms with Crippen molar-refractivity contribution in [3.8, 4) is 0 Å². The number of ether oxygens (including phenoxy) is 1. The number of halogens is 2. The summed E-state index contributed by atoms with van der Waals surface area (Å²) in [6.45, 7) is 3.40. The van der Waals surface area contributed by atoms with Crippen LogP contribution in [0.15, 0.2) is 48.5 Å². The fraction of sp³-hybridized carbons (Fsp3) is 0.294. The number of rotatable bonds is 3. The summed E-state index contributed by atoms with van der Waals surface area (Å²) in [5.41, 5.74) is 2.48. The van der Waals surface area contributed by atoms with E-state index in [1.54, 1.807) is 0 Å². The van der Waals surface area contributed by atoms with Gasteiger partial charge in [0.25, 0.3) is 0 Å². The van der Waals surface area contributed by atoms with Crippen LogP contribution in [0, 0.1) is 0 Å². The summed E-state index contributed by atoms with van der Waals surface area (Å²) in [4.78, 5) is 2.44. The average Bonchev–Trinajstić information content (AvgIpc) is 2.52. The molecule has 110 valence electrons. The lowest BCUT2D eigenvalue weighted by molar-refractivity contribution is 0.0239. The second-order valence-corrected chi connectivity index (χ2v) is 6.03. The van der Waals surface area contributed by atoms with E-state index in [4.69, 9.17) is 27.9 Å². The van der Waals surface area contributed by atoms with E-state index in [9.17, 15) is 0 Å². The van der Waals surface area contributed by atoms with Crippen molar-refractivity contribution in [2.24, 2.45) is 0 Å². The van der Waals surface area contributed by atoms with Crippen molar-refractivity contribution >= 4 is 23.2 Å². The normalized spacial score (nSPS) is 16.3. The van der Waals surface area contributed by atoms with Crippen LogP contribution in [0.3, 0.4) is 0 Å². The molecule has 3 rings (SSSR count). The number of hydrogen-bond donors (Lipinski definition) is 0. The zero-order valence-corrected chi connectivity index (χ0v) is 13.1. The Morgan fingerprint density at radius 1 is 0.762 bits per heavy atom. The van der Waals surface area contributed by atoms with E-state index in [1.807, 2.05) is 24.3 Å². The largest absolute Gasteiger partial charge is 0.379 e. The molecular formula is C17H17Cl2NO. The minimum atomic E-state index is 0.212. The van der Waals surface area contributed by atoms with Crippen LogP contribution >= 0.6 is 23.2 Å². The molecule has 0 aliphatic carbocycles. The first-order chi connectivity index (χ1) is 10.2. The summed E-state index contributed by atoms with van der Waals surface area (Å²) in [7, 11) is 0. The van der Waals surface area contributed by atoms with E-state index < -0.39 is 0 Å². The third-order valence-corrected chi connectivity index (χ3v) is 4.29. The van der Waals surface area contributed by atoms with E-state index >= 15 is 0 Å². The molecule has 0 amide bonds. The van der Waals surface area contributed by atoms with Crippen molar-refractivity contribution in [1.29, 1.82) is 0 Å². The van der Waals surface area contributed by atoms with Crippen molar-refractivity contribution in [3.05, 3.63) is 69.7 Å². The second-order valence-electron chi connectivity index (χ2n) is 5.15. The van der Waals surface area contributed by atoms with Crippen LogP contribution in [0.1, 0.15) is 17.2 Å². The van der Waals surface area contributed by atoms with Gasteiger partial charge in [0.05, 0.1) is 19.3 Å². The van der Waals surface area contributed by atoms with Crippen molar-refractivity contribution in [2.45, 2.75) is 6.04 Å². The molecule has 0 aromatic heterocycles. The summed E-state index contributed by atoms with van der Waals surface area (Å²) in [5.74, 6) is 0. The van der Waals surface area contributed by atoms with Gasteiger partial charge in [0, 0.05) is 23.1 Å². The first-order valence-electron chi connectivity index (χ1n) is 7.07. The van der Waals surface area contributed by atoms with Crippen LogP contribution in [-0.2, 0) is 4.74 Å². The first-order valence-corrected chi connectivity index (χ1v) is 7.82. The quantitative estimate of drug-likeness (QED) is 0.830. The summed E-state index contributed by atoms with van der Waals surface area (Å²) >= 11 is 12.0. The Hall–Kier alpha value is -1.06. The maximum absolute atomic E-state index is 6.02. The molecule has 2 aromatic carbocycles. The molecule has 0 atom stereocenters. The lowest BCUT2D eigenvalue weighted by atomic mass is 9.97. The molecule has 0 saturated carbocycles. The Morgan fingerprint density at radius 2 is 1.19 bits per heavy atom. The molecule has 2 aromatic rings. The summed E-state index contributed by atoms with van der Waals surface area (Å²) in [5, 5.41) is 1.52. The van der Waals surface area contributed by atoms with Crippen LogP contribution in [0.4, 0.5) is 0 Å². The van der Waals surface area contributed by atoms with Crippen LogP contribution in [0.5, 0.6) is 0 Å². The van der Waals surface area contributed by atoms with Gasteiger partial charge in [-0.3, -0.25) is 4.90 Å². The standard InChI is InChI=1S/C17H17Cl2NO/c18-15-5-1-13(2-6-15)17(20-9-11-21-12-10-20)14-3-7-16(19)8-4-14/h1-8,17H,9-12H2. The predicted molar refractivity (Wildman–Crippen MR) is 87.1 cm³/mol. The Bertz CT molecular complexity index is 531. The zero-order chi connectivity index (χ0) is 14.7. The fourth-order valence-corrected chi connectivity index (χ4v) is 2.99. The van der Waals surface area contributed by atoms with Gasteiger partial charge in [0.1, 0.15) is 0 Å². The van der Waals surface area contributed by atoms with E-state index in [1.165, 1.54) is 11.1 Å². The third kappa shape index (κ3) is 3.58. The van der Waals surface area contributed by atoms with Crippen LogP contribution in [0.25, 0.3) is 0 Å². The van der Waals surface area contributed by atoms with Crippen LogP contribution in [-0.4, -0.2) is 31.2 Å². The maximum Gasteiger partial charge on any atom is 0.0603 e. The van der Waals surface area contributed by atoms with Gasteiger partial charge in [-0.05, 0) is 35.4 Å². The Morgan fingerprint density at radius 3 is 1.62 bits per heavy atom. The summed E-state index contributed by atoms with van der Waals surface area (Å²) in [6, 6.07) is 16.4. The van der Waals surface area contributed by atoms with Gasteiger partial charge in [-0.1, -0.05) is 47.5 Å². The van der Waals surface area contributed by atoms with E-state index in [-0.39, 0.29) is 6.04 Å². The molecule has 1 heterocycles. The Balaban J connectivity index is 1.97. The smallest absolute Gasteiger partial charge is 0.0603 e. The lowest BCUT2D eigenvalue weighted by Gasteiger charge is -2.35. The summed E-state index contributed by atoms with van der Waals surface area (Å²) < 4.78 is 5.48. The Labute approximate surface area is 135 Å². The molecule has 1 saturated heterocycles. The minimum Gasteiger partial charge on any atom is -0.379 e. The van der Waals surface area contributed by atoms with Gasteiger partial charge in [0.2, 0.25) is 0 Å². The van der Waals surface area contributed by atoms with Gasteiger partial charge < -0.3 is 4.74 Å². The number of nitrogens with zero attached hydrogens (tertiary/aromatic N) is 1. The highest BCUT2D eigenvalue weighted by Crippen LogP contribution is 2.30. The maximum atomic E-state index is 6.02. The minimum absolute atomic E-state index is 0.212. The van der Waals surface area contributed by atoms with Gasteiger partial charge in [-0.15, -0.1) is 0 Å². The molecule has 0 spiro atoms. The first kappa shape index (κ1) is 14.9. The summed E-state index contributed by atoms with van der Waals surface area (Å²) in [6.07, 6.45) is 0. The number of benzene rings is 2. The van der Waals surface area contributed by atoms with Gasteiger partial charge in [-0.2, -0.15) is 0 Å². The van der Waals surface area contributed by atoms with Crippen LogP contribution in [0.2, 0.25) is 10.0 Å². The molecule has 0 radical (unpaired) electrons. The monoisotopic (exact) mass is 321 g/mol. The Kier molecular flexibility index (Phi) is 4.81. The predicted octanol–water partition coefficient (Wildman–Crippen LogP) is 4.42. The highest BCUT2D eigenvalue weighted by atomic mass is 35.5. The molecule has 2 nitrogen and oxygen atoms in total. The van der Waals surface area contributed by atoms with Crippen LogP contribution < -0.4 is 0 Å². The van der Waals surface area contributed by atoms with E-state index in [2.05, 4.69) is 29.2 Å². The van der Waals surface area contributed by atoms with Gasteiger partial charge in [-0.25, -0.2) is 0 Å². The third-order valence-electron chi connectivity index (χ3n) is 3.78. The molecule has 4 heteroatoms. The van der Waals surface area contributed by atoms with E-state index in [0.717, 1.165) is 36.3 Å². The molecule has 1 fully saturated rings. The molecule has 1 aliphatic heterocycles. The lowest BCUT2D eigenvalue weighted by Crippen LogP contribution is -2.39. The molecular weight excluding hydrogens is 305 g/mol. The second kappa shape index (κ2) is 6.80. The SMILES string of the molecule is Clc1ccc(C(c2ccc(Cl)cc2)N2CCOCC2)cc1. The zero-order valence-electron chi connectivity index (χ0n) is 11.6. The fourth-order valence-electron chi connectivity index (χ4n) is 2.74. The average molecular weight is 322 g/mol. The van der Waals surface area contributed by atoms with Gasteiger partial charge in [0.15, 0.2) is 0 Å². The number of morpholine rings is 1. The van der Waals surface area contributed by atoms with Crippen molar-refractivity contribution in [3.63, 3.8) is 0 Å². The highest BCUT2D eigenvalue weighted by Gasteiger charge is 2.24. The highest BCUT2D eigenvalue weighted by molar-refractivity contribution is 6.30. The molecule has 21 heavy (non-hydrogen) atoms. The van der Waals surface area contributed by atoms with E-state index in [0.29, 0.717) is 0 Å². The molecule has 0 N–H and O–H groups in total. The van der Waals surface area contributed by atoms with Crippen molar-refractivity contribution in [2.75, 3.05) is 26.3 Å². The molecule has 1 aliphatic rings. The molecule has 0 bridgehead atoms. The van der Waals surface area contributed by atoms with Crippen molar-refractivity contribution in [1.82, 2.24) is 4.90 Å². The molecule has 0 unspecified atom stereocenters.